The third-order valence-corrected chi connectivity index (χ3v) is 4.14. The number of unbranched alkanes of at least 4 members (excludes halogenated alkanes) is 4. The van der Waals surface area contributed by atoms with Gasteiger partial charge in [-0.2, -0.15) is 0 Å². The van der Waals surface area contributed by atoms with Crippen LogP contribution in [0.3, 0.4) is 0 Å². The molecule has 2 rings (SSSR count). The Kier molecular flexibility index (Phi) is 4.90. The van der Waals surface area contributed by atoms with Gasteiger partial charge in [-0.15, -0.1) is 0 Å². The fraction of sp³-hybridized carbons (Fsp3) is 0.600. The highest BCUT2D eigenvalue weighted by Gasteiger charge is 2.21. The molecular weight excluding hydrogens is 274 g/mol. The van der Waals surface area contributed by atoms with Crippen LogP contribution in [0.25, 0.3) is 0 Å². The summed E-state index contributed by atoms with van der Waals surface area (Å²) in [4.78, 5) is 0. The third-order valence-electron chi connectivity index (χ3n) is 3.65. The maximum atomic E-state index is 3.57. The molecule has 0 bridgehead atoms. The van der Waals surface area contributed by atoms with Crippen LogP contribution in [0.1, 0.15) is 56.9 Å². The van der Waals surface area contributed by atoms with Gasteiger partial charge in [-0.3, -0.25) is 0 Å². The first-order chi connectivity index (χ1) is 8.31. The van der Waals surface area contributed by atoms with Gasteiger partial charge in [0.2, 0.25) is 0 Å². The summed E-state index contributed by atoms with van der Waals surface area (Å²) in [6.07, 6.45) is 8.24. The molecule has 0 aliphatic carbocycles. The van der Waals surface area contributed by atoms with E-state index in [1.165, 1.54) is 54.2 Å². The van der Waals surface area contributed by atoms with Crippen LogP contribution in [0.15, 0.2) is 22.7 Å². The molecule has 94 valence electrons. The Morgan fingerprint density at radius 3 is 2.88 bits per heavy atom. The van der Waals surface area contributed by atoms with E-state index < -0.39 is 0 Å². The lowest BCUT2D eigenvalue weighted by molar-refractivity contribution is 0.566. The molecule has 1 unspecified atom stereocenters. The average Bonchev–Trinajstić information content (AvgIpc) is 2.72. The molecular formula is C15H22BrN. The summed E-state index contributed by atoms with van der Waals surface area (Å²) in [7, 11) is 0. The lowest BCUT2D eigenvalue weighted by Gasteiger charge is -2.10. The van der Waals surface area contributed by atoms with Crippen LogP contribution in [0.2, 0.25) is 0 Å². The van der Waals surface area contributed by atoms with Gasteiger partial charge in [-0.25, -0.2) is 0 Å². The Balaban J connectivity index is 1.82. The van der Waals surface area contributed by atoms with E-state index in [-0.39, 0.29) is 0 Å². The number of nitrogens with one attached hydrogen (secondary N) is 1. The fourth-order valence-corrected chi connectivity index (χ4v) is 3.01. The third kappa shape index (κ3) is 3.48. The molecule has 2 heteroatoms. The van der Waals surface area contributed by atoms with Gasteiger partial charge in [0.15, 0.2) is 0 Å². The van der Waals surface area contributed by atoms with Crippen molar-refractivity contribution in [2.75, 3.05) is 11.9 Å². The van der Waals surface area contributed by atoms with Gasteiger partial charge in [-0.05, 0) is 30.2 Å². The fourth-order valence-electron chi connectivity index (χ4n) is 2.63. The standard InChI is InChI=1S/C15H22BrN/c1-2-3-4-5-6-7-12-11-17-15-9-8-13(16)10-14(12)15/h8-10,12,17H,2-7,11H2,1H3. The maximum Gasteiger partial charge on any atom is 0.0377 e. The lowest BCUT2D eigenvalue weighted by atomic mass is 9.95. The number of anilines is 1. The van der Waals surface area contributed by atoms with E-state index in [9.17, 15) is 0 Å². The molecule has 1 aliphatic rings. The summed E-state index contributed by atoms with van der Waals surface area (Å²) in [5, 5.41) is 3.51. The number of halogens is 1. The van der Waals surface area contributed by atoms with Crippen molar-refractivity contribution < 1.29 is 0 Å². The van der Waals surface area contributed by atoms with Crippen molar-refractivity contribution in [3.63, 3.8) is 0 Å². The summed E-state index contributed by atoms with van der Waals surface area (Å²) in [5.74, 6) is 0.726. The Morgan fingerprint density at radius 1 is 1.24 bits per heavy atom. The second-order valence-corrected chi connectivity index (χ2v) is 5.93. The first kappa shape index (κ1) is 12.9. The van der Waals surface area contributed by atoms with Crippen molar-refractivity contribution in [3.05, 3.63) is 28.2 Å². The van der Waals surface area contributed by atoms with Gasteiger partial charge < -0.3 is 5.32 Å². The number of fused-ring (bicyclic) bond motifs is 1. The molecule has 0 radical (unpaired) electrons. The zero-order valence-electron chi connectivity index (χ0n) is 10.6. The summed E-state index contributed by atoms with van der Waals surface area (Å²) in [6, 6.07) is 6.60. The Hall–Kier alpha value is -0.500. The highest BCUT2D eigenvalue weighted by Crippen LogP contribution is 2.36. The van der Waals surface area contributed by atoms with E-state index >= 15 is 0 Å². The van der Waals surface area contributed by atoms with Gasteiger partial charge >= 0.3 is 0 Å². The number of rotatable bonds is 6. The molecule has 0 spiro atoms. The van der Waals surface area contributed by atoms with E-state index in [0.29, 0.717) is 0 Å². The van der Waals surface area contributed by atoms with Crippen molar-refractivity contribution in [1.29, 1.82) is 0 Å². The average molecular weight is 296 g/mol. The van der Waals surface area contributed by atoms with Crippen LogP contribution >= 0.6 is 15.9 Å². The topological polar surface area (TPSA) is 12.0 Å². The van der Waals surface area contributed by atoms with Crippen LogP contribution in [-0.4, -0.2) is 6.54 Å². The molecule has 0 amide bonds. The summed E-state index contributed by atoms with van der Waals surface area (Å²) < 4.78 is 1.20. The number of benzene rings is 1. The quantitative estimate of drug-likeness (QED) is 0.701. The van der Waals surface area contributed by atoms with Crippen LogP contribution < -0.4 is 5.32 Å². The molecule has 1 aromatic carbocycles. The lowest BCUT2D eigenvalue weighted by Crippen LogP contribution is -2.01. The maximum absolute atomic E-state index is 3.57. The Bertz CT molecular complexity index is 362. The van der Waals surface area contributed by atoms with Crippen molar-refractivity contribution in [2.45, 2.75) is 51.4 Å². The predicted octanol–water partition coefficient (Wildman–Crippen LogP) is 5.32. The molecule has 0 saturated carbocycles. The predicted molar refractivity (Wildman–Crippen MR) is 78.7 cm³/mol. The molecule has 0 fully saturated rings. The van der Waals surface area contributed by atoms with Crippen molar-refractivity contribution in [1.82, 2.24) is 0 Å². The summed E-state index contributed by atoms with van der Waals surface area (Å²) in [5.41, 5.74) is 2.85. The van der Waals surface area contributed by atoms with Crippen LogP contribution in [0.4, 0.5) is 5.69 Å². The minimum absolute atomic E-state index is 0.726. The molecule has 1 N–H and O–H groups in total. The van der Waals surface area contributed by atoms with E-state index in [1.54, 1.807) is 0 Å². The van der Waals surface area contributed by atoms with Crippen LogP contribution in [-0.2, 0) is 0 Å². The van der Waals surface area contributed by atoms with Crippen LogP contribution in [0, 0.1) is 0 Å². The SMILES string of the molecule is CCCCCCCC1CNc2ccc(Br)cc21. The largest absolute Gasteiger partial charge is 0.384 e. The summed E-state index contributed by atoms with van der Waals surface area (Å²) >= 11 is 3.57. The van der Waals surface area contributed by atoms with E-state index in [0.717, 1.165) is 12.5 Å². The minimum Gasteiger partial charge on any atom is -0.384 e. The molecule has 1 atom stereocenters. The molecule has 1 aromatic rings. The second-order valence-electron chi connectivity index (χ2n) is 5.01. The second kappa shape index (κ2) is 6.44. The monoisotopic (exact) mass is 295 g/mol. The van der Waals surface area contributed by atoms with Gasteiger partial charge in [0.1, 0.15) is 0 Å². The van der Waals surface area contributed by atoms with Gasteiger partial charge in [-0.1, -0.05) is 55.0 Å². The van der Waals surface area contributed by atoms with E-state index in [2.05, 4.69) is 46.4 Å². The molecule has 0 saturated heterocycles. The first-order valence-electron chi connectivity index (χ1n) is 6.84. The molecule has 17 heavy (non-hydrogen) atoms. The Labute approximate surface area is 113 Å². The highest BCUT2D eigenvalue weighted by atomic mass is 79.9. The molecule has 1 nitrogen and oxygen atoms in total. The van der Waals surface area contributed by atoms with Crippen LogP contribution in [0.5, 0.6) is 0 Å². The number of hydrogen-bond donors (Lipinski definition) is 1. The van der Waals surface area contributed by atoms with Crippen molar-refractivity contribution in [3.8, 4) is 0 Å². The zero-order valence-corrected chi connectivity index (χ0v) is 12.2. The highest BCUT2D eigenvalue weighted by molar-refractivity contribution is 9.10. The molecule has 0 aromatic heterocycles. The molecule has 1 aliphatic heterocycles. The van der Waals surface area contributed by atoms with E-state index in [1.807, 2.05) is 0 Å². The van der Waals surface area contributed by atoms with Gasteiger partial charge in [0, 0.05) is 22.6 Å². The van der Waals surface area contributed by atoms with E-state index in [4.69, 9.17) is 0 Å². The smallest absolute Gasteiger partial charge is 0.0377 e. The van der Waals surface area contributed by atoms with Crippen molar-refractivity contribution >= 4 is 21.6 Å². The van der Waals surface area contributed by atoms with Crippen molar-refractivity contribution in [2.24, 2.45) is 0 Å². The van der Waals surface area contributed by atoms with Gasteiger partial charge in [0.05, 0.1) is 0 Å². The first-order valence-corrected chi connectivity index (χ1v) is 7.64. The normalized spacial score (nSPS) is 17.9. The Morgan fingerprint density at radius 2 is 2.06 bits per heavy atom. The summed E-state index contributed by atoms with van der Waals surface area (Å²) in [6.45, 7) is 3.40. The van der Waals surface area contributed by atoms with Gasteiger partial charge in [0.25, 0.3) is 0 Å². The molecule has 1 heterocycles. The zero-order chi connectivity index (χ0) is 12.1. The minimum atomic E-state index is 0.726. The number of hydrogen-bond acceptors (Lipinski definition) is 1.